The fourth-order valence-corrected chi connectivity index (χ4v) is 2.43. The van der Waals surface area contributed by atoms with E-state index in [2.05, 4.69) is 20.6 Å². The Hall–Kier alpha value is -1.36. The SMILES string of the molecule is CNc1cc(NCC2CCCOC2)nc(C2CC2)n1. The molecule has 1 aromatic heterocycles. The van der Waals surface area contributed by atoms with E-state index >= 15 is 0 Å². The first-order chi connectivity index (χ1) is 9.35. The summed E-state index contributed by atoms with van der Waals surface area (Å²) in [6.45, 7) is 2.72. The van der Waals surface area contributed by atoms with Gasteiger partial charge < -0.3 is 15.4 Å². The molecule has 0 radical (unpaired) electrons. The van der Waals surface area contributed by atoms with Crippen molar-refractivity contribution in [1.29, 1.82) is 0 Å². The second kappa shape index (κ2) is 5.74. The predicted molar refractivity (Wildman–Crippen MR) is 75.6 cm³/mol. The number of nitrogens with one attached hydrogen (secondary N) is 2. The maximum absolute atomic E-state index is 5.50. The predicted octanol–water partition coefficient (Wildman–Crippen LogP) is 2.23. The maximum Gasteiger partial charge on any atom is 0.136 e. The van der Waals surface area contributed by atoms with Crippen LogP contribution in [0.3, 0.4) is 0 Å². The van der Waals surface area contributed by atoms with E-state index in [1.165, 1.54) is 25.7 Å². The van der Waals surface area contributed by atoms with Crippen LogP contribution in [0, 0.1) is 5.92 Å². The lowest BCUT2D eigenvalue weighted by atomic mass is 10.0. The van der Waals surface area contributed by atoms with Gasteiger partial charge in [0.2, 0.25) is 0 Å². The molecule has 5 nitrogen and oxygen atoms in total. The highest BCUT2D eigenvalue weighted by Gasteiger charge is 2.27. The zero-order valence-corrected chi connectivity index (χ0v) is 11.5. The average Bonchev–Trinajstić information content (AvgIpc) is 3.30. The van der Waals surface area contributed by atoms with E-state index in [9.17, 15) is 0 Å². The summed E-state index contributed by atoms with van der Waals surface area (Å²) in [5.74, 6) is 4.00. The summed E-state index contributed by atoms with van der Waals surface area (Å²) in [5, 5.41) is 6.55. The van der Waals surface area contributed by atoms with Gasteiger partial charge in [0, 0.05) is 32.2 Å². The van der Waals surface area contributed by atoms with Gasteiger partial charge in [-0.2, -0.15) is 0 Å². The molecule has 1 saturated carbocycles. The van der Waals surface area contributed by atoms with Gasteiger partial charge in [0.15, 0.2) is 0 Å². The Morgan fingerprint density at radius 3 is 2.79 bits per heavy atom. The fraction of sp³-hybridized carbons (Fsp3) is 0.714. The lowest BCUT2D eigenvalue weighted by molar-refractivity contribution is 0.0595. The van der Waals surface area contributed by atoms with E-state index in [1.54, 1.807) is 0 Å². The molecule has 2 aliphatic rings. The zero-order chi connectivity index (χ0) is 13.1. The molecule has 1 saturated heterocycles. The lowest BCUT2D eigenvalue weighted by Crippen LogP contribution is -2.24. The van der Waals surface area contributed by atoms with Crippen LogP contribution < -0.4 is 10.6 Å². The minimum absolute atomic E-state index is 0.576. The van der Waals surface area contributed by atoms with Crippen LogP contribution in [-0.4, -0.2) is 36.8 Å². The number of ether oxygens (including phenoxy) is 1. The Balaban J connectivity index is 1.63. The Morgan fingerprint density at radius 1 is 1.26 bits per heavy atom. The van der Waals surface area contributed by atoms with Gasteiger partial charge in [-0.05, 0) is 31.6 Å². The van der Waals surface area contributed by atoms with Crippen molar-refractivity contribution >= 4 is 11.6 Å². The van der Waals surface area contributed by atoms with Crippen molar-refractivity contribution < 1.29 is 4.74 Å². The molecular formula is C14H22N4O. The van der Waals surface area contributed by atoms with E-state index < -0.39 is 0 Å². The summed E-state index contributed by atoms with van der Waals surface area (Å²) >= 11 is 0. The zero-order valence-electron chi connectivity index (χ0n) is 11.5. The Labute approximate surface area is 114 Å². The largest absolute Gasteiger partial charge is 0.381 e. The van der Waals surface area contributed by atoms with Crippen molar-refractivity contribution in [2.24, 2.45) is 5.92 Å². The molecule has 2 heterocycles. The maximum atomic E-state index is 5.50. The molecule has 1 unspecified atom stereocenters. The number of aromatic nitrogens is 2. The lowest BCUT2D eigenvalue weighted by Gasteiger charge is -2.22. The first-order valence-electron chi connectivity index (χ1n) is 7.23. The fourth-order valence-electron chi connectivity index (χ4n) is 2.43. The summed E-state index contributed by atoms with van der Waals surface area (Å²) in [5.41, 5.74) is 0. The second-order valence-electron chi connectivity index (χ2n) is 5.48. The monoisotopic (exact) mass is 262 g/mol. The third kappa shape index (κ3) is 3.35. The first kappa shape index (κ1) is 12.7. The van der Waals surface area contributed by atoms with Crippen molar-refractivity contribution in [2.45, 2.75) is 31.6 Å². The van der Waals surface area contributed by atoms with Crippen LogP contribution >= 0.6 is 0 Å². The highest BCUT2D eigenvalue weighted by molar-refractivity contribution is 5.47. The number of hydrogen-bond acceptors (Lipinski definition) is 5. The van der Waals surface area contributed by atoms with E-state index in [1.807, 2.05) is 13.1 Å². The molecule has 1 aliphatic carbocycles. The van der Waals surface area contributed by atoms with Gasteiger partial charge in [0.05, 0.1) is 6.61 Å². The number of rotatable bonds is 5. The van der Waals surface area contributed by atoms with Gasteiger partial charge in [0.1, 0.15) is 17.5 Å². The van der Waals surface area contributed by atoms with Crippen molar-refractivity contribution in [3.8, 4) is 0 Å². The topological polar surface area (TPSA) is 59.1 Å². The third-order valence-corrected chi connectivity index (χ3v) is 3.77. The van der Waals surface area contributed by atoms with Crippen molar-refractivity contribution in [3.05, 3.63) is 11.9 Å². The van der Waals surface area contributed by atoms with Gasteiger partial charge in [-0.1, -0.05) is 0 Å². The molecule has 19 heavy (non-hydrogen) atoms. The molecule has 0 amide bonds. The standard InChI is InChI=1S/C14H22N4O/c1-15-12-7-13(18-14(17-12)11-4-5-11)16-8-10-3-2-6-19-9-10/h7,10-11H,2-6,8-9H2,1H3,(H2,15,16,17,18). The quantitative estimate of drug-likeness (QED) is 0.852. The van der Waals surface area contributed by atoms with Gasteiger partial charge in [0.25, 0.3) is 0 Å². The van der Waals surface area contributed by atoms with E-state index in [0.29, 0.717) is 11.8 Å². The molecule has 0 aromatic carbocycles. The van der Waals surface area contributed by atoms with Crippen LogP contribution in [0.15, 0.2) is 6.07 Å². The molecule has 2 N–H and O–H groups in total. The molecule has 1 aliphatic heterocycles. The summed E-state index contributed by atoms with van der Waals surface area (Å²) in [4.78, 5) is 9.15. The molecule has 2 fully saturated rings. The molecule has 5 heteroatoms. The molecule has 0 bridgehead atoms. The van der Waals surface area contributed by atoms with Gasteiger partial charge in [-0.3, -0.25) is 0 Å². The van der Waals surface area contributed by atoms with Gasteiger partial charge >= 0.3 is 0 Å². The summed E-state index contributed by atoms with van der Waals surface area (Å²) in [6.07, 6.45) is 4.86. The molecule has 3 rings (SSSR count). The minimum Gasteiger partial charge on any atom is -0.381 e. The van der Waals surface area contributed by atoms with Gasteiger partial charge in [-0.15, -0.1) is 0 Å². The van der Waals surface area contributed by atoms with Gasteiger partial charge in [-0.25, -0.2) is 9.97 Å². The normalized spacial score (nSPS) is 23.1. The molecule has 1 atom stereocenters. The summed E-state index contributed by atoms with van der Waals surface area (Å²) < 4.78 is 5.50. The Bertz CT molecular complexity index is 427. The van der Waals surface area contributed by atoms with Crippen molar-refractivity contribution in [2.75, 3.05) is 37.4 Å². The van der Waals surface area contributed by atoms with Crippen LogP contribution in [-0.2, 0) is 4.74 Å². The van der Waals surface area contributed by atoms with Crippen molar-refractivity contribution in [1.82, 2.24) is 9.97 Å². The summed E-state index contributed by atoms with van der Waals surface area (Å²) in [7, 11) is 1.90. The molecule has 104 valence electrons. The highest BCUT2D eigenvalue weighted by Crippen LogP contribution is 2.38. The second-order valence-corrected chi connectivity index (χ2v) is 5.48. The minimum atomic E-state index is 0.576. The number of nitrogens with zero attached hydrogens (tertiary/aromatic N) is 2. The van der Waals surface area contributed by atoms with E-state index in [0.717, 1.165) is 37.2 Å². The average molecular weight is 262 g/mol. The third-order valence-electron chi connectivity index (χ3n) is 3.77. The van der Waals surface area contributed by atoms with Crippen LogP contribution in [0.5, 0.6) is 0 Å². The first-order valence-corrected chi connectivity index (χ1v) is 7.23. The van der Waals surface area contributed by atoms with Crippen LogP contribution in [0.1, 0.15) is 37.4 Å². The molecule has 0 spiro atoms. The van der Waals surface area contributed by atoms with Crippen molar-refractivity contribution in [3.63, 3.8) is 0 Å². The highest BCUT2D eigenvalue weighted by atomic mass is 16.5. The van der Waals surface area contributed by atoms with Crippen LogP contribution in [0.2, 0.25) is 0 Å². The van der Waals surface area contributed by atoms with E-state index in [-0.39, 0.29) is 0 Å². The van der Waals surface area contributed by atoms with Crippen LogP contribution in [0.4, 0.5) is 11.6 Å². The Morgan fingerprint density at radius 2 is 2.11 bits per heavy atom. The van der Waals surface area contributed by atoms with Crippen LogP contribution in [0.25, 0.3) is 0 Å². The Kier molecular flexibility index (Phi) is 3.82. The number of anilines is 2. The molecular weight excluding hydrogens is 240 g/mol. The smallest absolute Gasteiger partial charge is 0.136 e. The van der Waals surface area contributed by atoms with E-state index in [4.69, 9.17) is 4.74 Å². The summed E-state index contributed by atoms with van der Waals surface area (Å²) in [6, 6.07) is 1.98. The number of hydrogen-bond donors (Lipinski definition) is 2. The molecule has 1 aromatic rings.